The lowest BCUT2D eigenvalue weighted by atomic mass is 9.89. The van der Waals surface area contributed by atoms with Crippen LogP contribution in [0.3, 0.4) is 0 Å². The van der Waals surface area contributed by atoms with E-state index in [2.05, 4.69) is 16.2 Å². The molecule has 1 saturated carbocycles. The smallest absolute Gasteiger partial charge is 0.276 e. The Hall–Kier alpha value is -3.35. The Morgan fingerprint density at radius 3 is 2.27 bits per heavy atom. The molecule has 1 aliphatic carbocycles. The van der Waals surface area contributed by atoms with E-state index >= 15 is 0 Å². The molecule has 7 nitrogen and oxygen atoms in total. The van der Waals surface area contributed by atoms with E-state index in [1.165, 1.54) is 0 Å². The van der Waals surface area contributed by atoms with Crippen LogP contribution in [0.5, 0.6) is 5.75 Å². The summed E-state index contributed by atoms with van der Waals surface area (Å²) in [5.74, 6) is -0.525. The van der Waals surface area contributed by atoms with Crippen LogP contribution in [0.2, 0.25) is 0 Å². The molecule has 0 bridgehead atoms. The monoisotopic (exact) mass is 409 g/mol. The SMILES string of the molecule is O=C(CNC(=O)C1CCCCC1)NNC(=O)COc1ccccc1-c1ccccc1. The Bertz CT molecular complexity index is 864. The molecule has 1 aliphatic rings. The fraction of sp³-hybridized carbons (Fsp3) is 0.348. The first-order valence-electron chi connectivity index (χ1n) is 10.3. The van der Waals surface area contributed by atoms with Crippen molar-refractivity contribution in [1.82, 2.24) is 16.2 Å². The first kappa shape index (κ1) is 21.4. The number of hydrazine groups is 1. The van der Waals surface area contributed by atoms with Gasteiger partial charge in [-0.05, 0) is 24.5 Å². The Labute approximate surface area is 176 Å². The van der Waals surface area contributed by atoms with Crippen LogP contribution in [0.4, 0.5) is 0 Å². The van der Waals surface area contributed by atoms with Crippen molar-refractivity contribution in [3.8, 4) is 16.9 Å². The van der Waals surface area contributed by atoms with Gasteiger partial charge in [-0.2, -0.15) is 0 Å². The second-order valence-electron chi connectivity index (χ2n) is 7.30. The fourth-order valence-electron chi connectivity index (χ4n) is 3.49. The highest BCUT2D eigenvalue weighted by Crippen LogP contribution is 2.29. The zero-order chi connectivity index (χ0) is 21.2. The molecule has 3 amide bonds. The lowest BCUT2D eigenvalue weighted by Crippen LogP contribution is -2.48. The van der Waals surface area contributed by atoms with Crippen molar-refractivity contribution in [3.63, 3.8) is 0 Å². The minimum Gasteiger partial charge on any atom is -0.483 e. The van der Waals surface area contributed by atoms with Gasteiger partial charge in [-0.25, -0.2) is 0 Å². The number of hydrogen-bond acceptors (Lipinski definition) is 4. The molecule has 0 aliphatic heterocycles. The van der Waals surface area contributed by atoms with E-state index in [1.807, 2.05) is 48.5 Å². The molecule has 30 heavy (non-hydrogen) atoms. The number of amides is 3. The standard InChI is InChI=1S/C23H27N3O4/c27-21(15-24-23(29)18-11-5-2-6-12-18)25-26-22(28)16-30-20-14-8-7-13-19(20)17-9-3-1-4-10-17/h1,3-4,7-10,13-14,18H,2,5-6,11-12,15-16H2,(H,24,29)(H,25,27)(H,26,28). The number of hydrogen-bond donors (Lipinski definition) is 3. The van der Waals surface area contributed by atoms with Crippen LogP contribution in [-0.2, 0) is 14.4 Å². The van der Waals surface area contributed by atoms with E-state index < -0.39 is 11.8 Å². The predicted molar refractivity (Wildman–Crippen MR) is 113 cm³/mol. The molecule has 0 atom stereocenters. The molecule has 2 aromatic carbocycles. The van der Waals surface area contributed by atoms with E-state index in [9.17, 15) is 14.4 Å². The summed E-state index contributed by atoms with van der Waals surface area (Å²) in [6.45, 7) is -0.425. The lowest BCUT2D eigenvalue weighted by Gasteiger charge is -2.20. The van der Waals surface area contributed by atoms with E-state index in [4.69, 9.17) is 4.74 Å². The number of nitrogens with one attached hydrogen (secondary N) is 3. The quantitative estimate of drug-likeness (QED) is 0.613. The third-order valence-corrected chi connectivity index (χ3v) is 5.07. The minimum absolute atomic E-state index is 0.0146. The first-order valence-corrected chi connectivity index (χ1v) is 10.3. The normalized spacial score (nSPS) is 13.9. The highest BCUT2D eigenvalue weighted by Gasteiger charge is 2.21. The van der Waals surface area contributed by atoms with Gasteiger partial charge >= 0.3 is 0 Å². The average Bonchev–Trinajstić information content (AvgIpc) is 2.81. The first-order chi connectivity index (χ1) is 14.6. The molecule has 0 saturated heterocycles. The number of carbonyl (C=O) groups is 3. The van der Waals surface area contributed by atoms with Gasteiger partial charge in [0.2, 0.25) is 5.91 Å². The summed E-state index contributed by atoms with van der Waals surface area (Å²) >= 11 is 0. The highest BCUT2D eigenvalue weighted by atomic mass is 16.5. The van der Waals surface area contributed by atoms with Crippen LogP contribution in [0.1, 0.15) is 32.1 Å². The van der Waals surface area contributed by atoms with E-state index in [1.54, 1.807) is 6.07 Å². The molecule has 0 spiro atoms. The second-order valence-corrected chi connectivity index (χ2v) is 7.30. The largest absolute Gasteiger partial charge is 0.483 e. The third-order valence-electron chi connectivity index (χ3n) is 5.07. The maximum Gasteiger partial charge on any atom is 0.276 e. The van der Waals surface area contributed by atoms with Crippen molar-refractivity contribution < 1.29 is 19.1 Å². The van der Waals surface area contributed by atoms with Crippen LogP contribution in [-0.4, -0.2) is 30.9 Å². The molecule has 3 N–H and O–H groups in total. The van der Waals surface area contributed by atoms with Crippen molar-refractivity contribution in [1.29, 1.82) is 0 Å². The third kappa shape index (κ3) is 6.34. The van der Waals surface area contributed by atoms with E-state index in [0.29, 0.717) is 5.75 Å². The number of ether oxygens (including phenoxy) is 1. The molecule has 0 radical (unpaired) electrons. The lowest BCUT2D eigenvalue weighted by molar-refractivity contribution is -0.131. The van der Waals surface area contributed by atoms with Gasteiger partial charge in [0.15, 0.2) is 6.61 Å². The van der Waals surface area contributed by atoms with Gasteiger partial charge in [-0.15, -0.1) is 0 Å². The van der Waals surface area contributed by atoms with Gasteiger partial charge in [-0.1, -0.05) is 67.8 Å². The molecule has 3 rings (SSSR count). The summed E-state index contributed by atoms with van der Waals surface area (Å²) in [6.07, 6.45) is 4.99. The maximum absolute atomic E-state index is 12.1. The van der Waals surface area contributed by atoms with Crippen molar-refractivity contribution in [2.45, 2.75) is 32.1 Å². The van der Waals surface area contributed by atoms with Crippen LogP contribution >= 0.6 is 0 Å². The number of carbonyl (C=O) groups excluding carboxylic acids is 3. The minimum atomic E-state index is -0.496. The summed E-state index contributed by atoms with van der Waals surface area (Å²) in [6, 6.07) is 17.2. The van der Waals surface area contributed by atoms with Crippen LogP contribution in [0.15, 0.2) is 54.6 Å². The van der Waals surface area contributed by atoms with Gasteiger partial charge in [-0.3, -0.25) is 25.2 Å². The number of benzene rings is 2. The molecule has 158 valence electrons. The second kappa shape index (κ2) is 11.0. The predicted octanol–water partition coefficient (Wildman–Crippen LogP) is 2.58. The van der Waals surface area contributed by atoms with Crippen LogP contribution < -0.4 is 20.9 Å². The van der Waals surface area contributed by atoms with Gasteiger partial charge in [0, 0.05) is 11.5 Å². The van der Waals surface area contributed by atoms with Crippen LogP contribution in [0, 0.1) is 5.92 Å². The molecule has 0 unspecified atom stereocenters. The molecule has 7 heteroatoms. The summed E-state index contributed by atoms with van der Waals surface area (Å²) in [5, 5.41) is 2.63. The molecule has 0 heterocycles. The number of para-hydroxylation sites is 1. The summed E-state index contributed by atoms with van der Waals surface area (Å²) < 4.78 is 5.63. The highest BCUT2D eigenvalue weighted by molar-refractivity contribution is 5.87. The zero-order valence-electron chi connectivity index (χ0n) is 16.9. The van der Waals surface area contributed by atoms with Crippen LogP contribution in [0.25, 0.3) is 11.1 Å². The van der Waals surface area contributed by atoms with Gasteiger partial charge in [0.05, 0.1) is 6.54 Å². The Morgan fingerprint density at radius 1 is 0.833 bits per heavy atom. The van der Waals surface area contributed by atoms with Gasteiger partial charge in [0.25, 0.3) is 11.8 Å². The Balaban J connectivity index is 1.40. The van der Waals surface area contributed by atoms with Gasteiger partial charge < -0.3 is 10.1 Å². The van der Waals surface area contributed by atoms with Crippen molar-refractivity contribution in [2.75, 3.05) is 13.2 Å². The summed E-state index contributed by atoms with van der Waals surface area (Å²) in [7, 11) is 0. The van der Waals surface area contributed by atoms with Crippen molar-refractivity contribution in [2.24, 2.45) is 5.92 Å². The van der Waals surface area contributed by atoms with E-state index in [-0.39, 0.29) is 25.0 Å². The summed E-state index contributed by atoms with van der Waals surface area (Å²) in [5.41, 5.74) is 6.45. The molecule has 2 aromatic rings. The Kier molecular flexibility index (Phi) is 7.83. The van der Waals surface area contributed by atoms with E-state index in [0.717, 1.165) is 43.2 Å². The van der Waals surface area contributed by atoms with Gasteiger partial charge in [0.1, 0.15) is 5.75 Å². The fourth-order valence-corrected chi connectivity index (χ4v) is 3.49. The average molecular weight is 409 g/mol. The summed E-state index contributed by atoms with van der Waals surface area (Å²) in [4.78, 5) is 35.9. The van der Waals surface area contributed by atoms with Crippen molar-refractivity contribution in [3.05, 3.63) is 54.6 Å². The topological polar surface area (TPSA) is 96.5 Å². The zero-order valence-corrected chi connectivity index (χ0v) is 16.9. The Morgan fingerprint density at radius 2 is 1.50 bits per heavy atom. The molecule has 0 aromatic heterocycles. The maximum atomic E-state index is 12.1. The number of rotatable bonds is 7. The molecular weight excluding hydrogens is 382 g/mol. The molecule has 1 fully saturated rings. The van der Waals surface area contributed by atoms with Crippen molar-refractivity contribution >= 4 is 17.7 Å². The molecular formula is C23H27N3O4.